The van der Waals surface area contributed by atoms with E-state index in [9.17, 15) is 19.2 Å². The van der Waals surface area contributed by atoms with Crippen LogP contribution < -0.4 is 10.4 Å². The Morgan fingerprint density at radius 2 is 1.59 bits per heavy atom. The molecule has 2 heterocycles. The maximum Gasteiger partial charge on any atom is 0.254 e. The summed E-state index contributed by atoms with van der Waals surface area (Å²) in [5, 5.41) is 1.29. The summed E-state index contributed by atoms with van der Waals surface area (Å²) in [6, 6.07) is 6.85. The van der Waals surface area contributed by atoms with Crippen LogP contribution in [0.3, 0.4) is 0 Å². The first-order valence-corrected chi connectivity index (χ1v) is 12.5. The Morgan fingerprint density at radius 1 is 0.912 bits per heavy atom. The van der Waals surface area contributed by atoms with Crippen molar-refractivity contribution in [2.75, 3.05) is 31.2 Å². The predicted octanol–water partition coefficient (Wildman–Crippen LogP) is 2.51. The van der Waals surface area contributed by atoms with E-state index in [1.165, 1.54) is 17.9 Å². The summed E-state index contributed by atoms with van der Waals surface area (Å²) in [7, 11) is 0. The van der Waals surface area contributed by atoms with Crippen molar-refractivity contribution in [2.45, 2.75) is 44.9 Å². The molecule has 2 unspecified atom stereocenters. The van der Waals surface area contributed by atoms with E-state index in [-0.39, 0.29) is 35.5 Å². The lowest BCUT2D eigenvalue weighted by Gasteiger charge is -2.38. The van der Waals surface area contributed by atoms with Crippen molar-refractivity contribution < 1.29 is 19.2 Å². The minimum atomic E-state index is -0.368. The van der Waals surface area contributed by atoms with Crippen molar-refractivity contribution in [2.24, 2.45) is 17.8 Å². The fourth-order valence-corrected chi connectivity index (χ4v) is 5.69. The van der Waals surface area contributed by atoms with Crippen molar-refractivity contribution in [1.29, 1.82) is 0 Å². The number of nitrogens with one attached hydrogen (secondary N) is 1. The molecule has 0 spiro atoms. The highest BCUT2D eigenvalue weighted by atomic mass is 16.2. The van der Waals surface area contributed by atoms with Crippen molar-refractivity contribution >= 4 is 29.3 Å². The van der Waals surface area contributed by atoms with Gasteiger partial charge in [-0.15, -0.1) is 0 Å². The molecule has 180 valence electrons. The molecule has 1 N–H and O–H groups in total. The van der Waals surface area contributed by atoms with E-state index < -0.39 is 0 Å². The molecule has 2 aliphatic carbocycles. The van der Waals surface area contributed by atoms with Gasteiger partial charge in [0.15, 0.2) is 0 Å². The van der Waals surface area contributed by atoms with E-state index in [1.807, 2.05) is 17.1 Å². The Kier molecular flexibility index (Phi) is 6.39. The van der Waals surface area contributed by atoms with Crippen LogP contribution in [0.1, 0.15) is 55.3 Å². The molecular formula is C26H32N4O4. The van der Waals surface area contributed by atoms with E-state index >= 15 is 0 Å². The van der Waals surface area contributed by atoms with Crippen LogP contribution in [-0.2, 0) is 14.4 Å². The maximum absolute atomic E-state index is 13.2. The summed E-state index contributed by atoms with van der Waals surface area (Å²) in [6.45, 7) is 2.09. The highest BCUT2D eigenvalue weighted by molar-refractivity contribution is 6.05. The number of rotatable bonds is 4. The number of benzene rings is 1. The number of hydrogen-bond acceptors (Lipinski definition) is 4. The van der Waals surface area contributed by atoms with Crippen LogP contribution in [0.2, 0.25) is 0 Å². The first kappa shape index (κ1) is 22.6. The summed E-state index contributed by atoms with van der Waals surface area (Å²) in [5.74, 6) is -0.403. The summed E-state index contributed by atoms with van der Waals surface area (Å²) < 4.78 is 0. The molecule has 3 fully saturated rings. The summed E-state index contributed by atoms with van der Waals surface area (Å²) in [6.07, 6.45) is 10.4. The molecular weight excluding hydrogens is 432 g/mol. The second-order valence-corrected chi connectivity index (χ2v) is 9.88. The van der Waals surface area contributed by atoms with Crippen molar-refractivity contribution in [3.63, 3.8) is 0 Å². The summed E-state index contributed by atoms with van der Waals surface area (Å²) in [5.41, 5.74) is 3.67. The number of allylic oxidation sites excluding steroid dienone is 2. The summed E-state index contributed by atoms with van der Waals surface area (Å²) in [4.78, 5) is 55.1. The third-order valence-electron chi connectivity index (χ3n) is 7.74. The van der Waals surface area contributed by atoms with Crippen molar-refractivity contribution in [3.8, 4) is 0 Å². The van der Waals surface area contributed by atoms with Crippen LogP contribution >= 0.6 is 0 Å². The molecule has 5 rings (SSSR count). The van der Waals surface area contributed by atoms with Crippen LogP contribution in [0, 0.1) is 17.8 Å². The second-order valence-electron chi connectivity index (χ2n) is 9.88. The van der Waals surface area contributed by atoms with Gasteiger partial charge < -0.3 is 9.80 Å². The van der Waals surface area contributed by atoms with E-state index in [4.69, 9.17) is 0 Å². The lowest BCUT2D eigenvalue weighted by molar-refractivity contribution is -0.140. The molecule has 4 amide bonds. The first-order valence-electron chi connectivity index (χ1n) is 12.5. The third kappa shape index (κ3) is 4.45. The van der Waals surface area contributed by atoms with Crippen LogP contribution in [-0.4, -0.2) is 59.6 Å². The van der Waals surface area contributed by atoms with Gasteiger partial charge in [0.1, 0.15) is 0 Å². The van der Waals surface area contributed by atoms with Crippen LogP contribution in [0.4, 0.5) is 5.69 Å². The molecule has 1 aromatic carbocycles. The number of hydrazine groups is 1. The number of carbonyl (C=O) groups excluding carboxylic acids is 4. The van der Waals surface area contributed by atoms with Gasteiger partial charge in [-0.1, -0.05) is 31.1 Å². The Hall–Kier alpha value is -3.16. The molecule has 1 aromatic rings. The largest absolute Gasteiger partial charge is 0.339 e. The molecule has 34 heavy (non-hydrogen) atoms. The Bertz CT molecular complexity index is 1010. The average Bonchev–Trinajstić information content (AvgIpc) is 3.39. The monoisotopic (exact) mass is 464 g/mol. The highest BCUT2D eigenvalue weighted by Crippen LogP contribution is 2.33. The Labute approximate surface area is 199 Å². The van der Waals surface area contributed by atoms with Gasteiger partial charge in [0.25, 0.3) is 5.91 Å². The van der Waals surface area contributed by atoms with Gasteiger partial charge in [0, 0.05) is 38.2 Å². The van der Waals surface area contributed by atoms with E-state index in [2.05, 4.69) is 5.43 Å². The van der Waals surface area contributed by atoms with E-state index in [0.717, 1.165) is 12.8 Å². The molecule has 2 saturated heterocycles. The molecule has 0 bridgehead atoms. The summed E-state index contributed by atoms with van der Waals surface area (Å²) >= 11 is 0. The minimum Gasteiger partial charge on any atom is -0.339 e. The van der Waals surface area contributed by atoms with Crippen molar-refractivity contribution in [3.05, 3.63) is 42.0 Å². The van der Waals surface area contributed by atoms with Gasteiger partial charge in [-0.25, -0.2) is 5.01 Å². The maximum atomic E-state index is 13.2. The number of anilines is 1. The SMILES string of the molecule is O=C1NN(c2cccc(C(=O)N3CCN(C(=O)CC4CCCC4)CC3)c2)C(=O)C2CC=CCC12. The van der Waals surface area contributed by atoms with Crippen LogP contribution in [0.5, 0.6) is 0 Å². The fraction of sp³-hybridized carbons (Fsp3) is 0.538. The molecule has 2 atom stereocenters. The van der Waals surface area contributed by atoms with Crippen molar-refractivity contribution in [1.82, 2.24) is 15.2 Å². The lowest BCUT2D eigenvalue weighted by atomic mass is 9.80. The fourth-order valence-electron chi connectivity index (χ4n) is 5.69. The molecule has 4 aliphatic rings. The van der Waals surface area contributed by atoms with Gasteiger partial charge >= 0.3 is 0 Å². The quantitative estimate of drug-likeness (QED) is 0.694. The lowest BCUT2D eigenvalue weighted by Crippen LogP contribution is -2.59. The van der Waals surface area contributed by atoms with Gasteiger partial charge in [-0.05, 0) is 49.8 Å². The number of piperazine rings is 1. The van der Waals surface area contributed by atoms with Gasteiger partial charge in [0.05, 0.1) is 17.5 Å². The Balaban J connectivity index is 1.22. The second kappa shape index (κ2) is 9.60. The minimum absolute atomic E-state index is 0.126. The van der Waals surface area contributed by atoms with Crippen LogP contribution in [0.25, 0.3) is 0 Å². The van der Waals surface area contributed by atoms with Gasteiger partial charge in [-0.3, -0.25) is 24.6 Å². The number of nitrogens with zero attached hydrogens (tertiary/aromatic N) is 3. The molecule has 1 saturated carbocycles. The highest BCUT2D eigenvalue weighted by Gasteiger charge is 2.42. The zero-order valence-electron chi connectivity index (χ0n) is 19.4. The zero-order valence-corrected chi connectivity index (χ0v) is 19.4. The first-order chi connectivity index (χ1) is 16.5. The molecule has 2 aliphatic heterocycles. The average molecular weight is 465 g/mol. The molecule has 8 nitrogen and oxygen atoms in total. The smallest absolute Gasteiger partial charge is 0.254 e. The number of fused-ring (bicyclic) bond motifs is 1. The Morgan fingerprint density at radius 3 is 2.32 bits per heavy atom. The molecule has 8 heteroatoms. The number of hydrogen-bond donors (Lipinski definition) is 1. The van der Waals surface area contributed by atoms with Gasteiger partial charge in [-0.2, -0.15) is 0 Å². The number of amides is 4. The van der Waals surface area contributed by atoms with E-state index in [1.54, 1.807) is 29.2 Å². The molecule has 0 aromatic heterocycles. The predicted molar refractivity (Wildman–Crippen MR) is 126 cm³/mol. The third-order valence-corrected chi connectivity index (χ3v) is 7.74. The standard InChI is InChI=1S/C26H32N4O4/c31-23(16-18-6-1-2-7-18)28-12-14-29(15-13-28)25(33)19-8-5-9-20(17-19)30-26(34)22-11-4-3-10-21(22)24(32)27-30/h3-5,8-9,17-18,21-22H,1-2,6-7,10-16H2,(H,27,32). The van der Waals surface area contributed by atoms with Crippen LogP contribution in [0.15, 0.2) is 36.4 Å². The zero-order chi connectivity index (χ0) is 23.7. The van der Waals surface area contributed by atoms with E-state index in [0.29, 0.717) is 62.6 Å². The topological polar surface area (TPSA) is 90.0 Å². The number of carbonyl (C=O) groups is 4. The van der Waals surface area contributed by atoms with Gasteiger partial charge in [0.2, 0.25) is 17.7 Å². The molecule has 0 radical (unpaired) electrons. The normalized spacial score (nSPS) is 25.4.